The van der Waals surface area contributed by atoms with Crippen LogP contribution in [-0.4, -0.2) is 46.6 Å². The third-order valence-corrected chi connectivity index (χ3v) is 6.16. The van der Waals surface area contributed by atoms with Crippen molar-refractivity contribution in [2.24, 2.45) is 11.8 Å². The van der Waals surface area contributed by atoms with E-state index in [2.05, 4.69) is 17.3 Å². The third kappa shape index (κ3) is 4.10. The number of allylic oxidation sites excluding steroid dienone is 2. The van der Waals surface area contributed by atoms with Gasteiger partial charge in [0.25, 0.3) is 0 Å². The average Bonchev–Trinajstić information content (AvgIpc) is 3.43. The molecule has 1 fully saturated rings. The molecule has 4 rings (SSSR count). The number of methoxy groups -OCH3 is 1. The SMILES string of the molecule is COc1ccc(-n2ncc(C(=O)C3CCN(C(=O)C[C@H]4C=CCC4)CC3)c2N)cc1. The van der Waals surface area contributed by atoms with E-state index in [-0.39, 0.29) is 17.6 Å². The van der Waals surface area contributed by atoms with Crippen LogP contribution in [0.1, 0.15) is 42.5 Å². The van der Waals surface area contributed by atoms with Crippen molar-refractivity contribution in [3.8, 4) is 11.4 Å². The van der Waals surface area contributed by atoms with Gasteiger partial charge >= 0.3 is 0 Å². The van der Waals surface area contributed by atoms with E-state index in [4.69, 9.17) is 10.5 Å². The first kappa shape index (κ1) is 20.2. The normalized spacial score (nSPS) is 19.2. The number of Topliss-reactive ketones (excluding diaryl/α,β-unsaturated/α-hetero) is 1. The van der Waals surface area contributed by atoms with Crippen molar-refractivity contribution in [1.82, 2.24) is 14.7 Å². The molecule has 7 heteroatoms. The van der Waals surface area contributed by atoms with E-state index in [0.717, 1.165) is 24.3 Å². The molecule has 0 radical (unpaired) electrons. The predicted octanol–water partition coefficient (Wildman–Crippen LogP) is 3.24. The second-order valence-corrected chi connectivity index (χ2v) is 8.04. The van der Waals surface area contributed by atoms with Gasteiger partial charge in [-0.1, -0.05) is 12.2 Å². The molecule has 7 nitrogen and oxygen atoms in total. The number of rotatable bonds is 6. The lowest BCUT2D eigenvalue weighted by atomic mass is 9.89. The summed E-state index contributed by atoms with van der Waals surface area (Å²) in [5, 5.41) is 4.32. The largest absolute Gasteiger partial charge is 0.497 e. The Balaban J connectivity index is 1.37. The van der Waals surface area contributed by atoms with Gasteiger partial charge in [-0.05, 0) is 55.9 Å². The maximum absolute atomic E-state index is 13.1. The third-order valence-electron chi connectivity index (χ3n) is 6.16. The molecule has 1 aromatic carbocycles. The number of amides is 1. The molecule has 1 aromatic heterocycles. The molecule has 0 unspecified atom stereocenters. The van der Waals surface area contributed by atoms with Crippen molar-refractivity contribution in [2.45, 2.75) is 32.1 Å². The number of likely N-dealkylation sites (tertiary alicyclic amines) is 1. The maximum Gasteiger partial charge on any atom is 0.223 e. The highest BCUT2D eigenvalue weighted by molar-refractivity contribution is 6.01. The number of carbonyl (C=O) groups excluding carboxylic acids is 2. The maximum atomic E-state index is 13.1. The summed E-state index contributed by atoms with van der Waals surface area (Å²) in [6, 6.07) is 7.35. The Bertz CT molecular complexity index is 940. The molecule has 2 aromatic rings. The van der Waals surface area contributed by atoms with E-state index in [0.29, 0.717) is 49.7 Å². The summed E-state index contributed by atoms with van der Waals surface area (Å²) >= 11 is 0. The predicted molar refractivity (Wildman–Crippen MR) is 115 cm³/mol. The van der Waals surface area contributed by atoms with Crippen LogP contribution in [0, 0.1) is 11.8 Å². The minimum absolute atomic E-state index is 0.0121. The molecule has 2 aliphatic rings. The molecule has 1 amide bonds. The molecule has 1 saturated heterocycles. The highest BCUT2D eigenvalue weighted by Gasteiger charge is 2.30. The minimum Gasteiger partial charge on any atom is -0.497 e. The van der Waals surface area contributed by atoms with Crippen LogP contribution in [0.4, 0.5) is 5.82 Å². The standard InChI is InChI=1S/C23H28N4O3/c1-30-19-8-6-18(7-9-19)27-23(24)20(15-25-27)22(29)17-10-12-26(13-11-17)21(28)14-16-4-2-3-5-16/h2,4,6-9,15-17H,3,5,10-14,24H2,1H3/t16-/m0/s1. The Morgan fingerprint density at radius 2 is 1.90 bits per heavy atom. The van der Waals surface area contributed by atoms with Gasteiger partial charge in [-0.25, -0.2) is 4.68 Å². The van der Waals surface area contributed by atoms with E-state index in [1.165, 1.54) is 0 Å². The summed E-state index contributed by atoms with van der Waals surface area (Å²) < 4.78 is 6.74. The Labute approximate surface area is 176 Å². The first-order valence-corrected chi connectivity index (χ1v) is 10.5. The Morgan fingerprint density at radius 3 is 2.53 bits per heavy atom. The van der Waals surface area contributed by atoms with Crippen molar-refractivity contribution in [3.63, 3.8) is 0 Å². The summed E-state index contributed by atoms with van der Waals surface area (Å²) in [7, 11) is 1.61. The quantitative estimate of drug-likeness (QED) is 0.585. The second kappa shape index (κ2) is 8.73. The van der Waals surface area contributed by atoms with Crippen LogP contribution < -0.4 is 10.5 Å². The monoisotopic (exact) mass is 408 g/mol. The highest BCUT2D eigenvalue weighted by Crippen LogP contribution is 2.28. The molecule has 1 atom stereocenters. The Kier molecular flexibility index (Phi) is 5.88. The molecule has 0 spiro atoms. The number of nitrogens with two attached hydrogens (primary N) is 1. The van der Waals surface area contributed by atoms with Gasteiger partial charge in [0.2, 0.25) is 5.91 Å². The molecule has 0 saturated carbocycles. The van der Waals surface area contributed by atoms with E-state index < -0.39 is 0 Å². The Hall–Kier alpha value is -3.09. The molecule has 1 aliphatic heterocycles. The number of ketones is 1. The molecule has 1 aliphatic carbocycles. The van der Waals surface area contributed by atoms with Crippen LogP contribution in [0.3, 0.4) is 0 Å². The van der Waals surface area contributed by atoms with Crippen molar-refractivity contribution in [3.05, 3.63) is 48.2 Å². The summed E-state index contributed by atoms with van der Waals surface area (Å²) in [6.45, 7) is 1.25. The number of ether oxygens (including phenoxy) is 1. The first-order chi connectivity index (χ1) is 14.6. The molecule has 0 bridgehead atoms. The van der Waals surface area contributed by atoms with Gasteiger partial charge in [0.1, 0.15) is 11.6 Å². The average molecular weight is 409 g/mol. The minimum atomic E-state index is -0.128. The zero-order chi connectivity index (χ0) is 21.1. The fraction of sp³-hybridized carbons (Fsp3) is 0.435. The van der Waals surface area contributed by atoms with Crippen LogP contribution in [0.5, 0.6) is 5.75 Å². The topological polar surface area (TPSA) is 90.5 Å². The van der Waals surface area contributed by atoms with Crippen molar-refractivity contribution in [1.29, 1.82) is 0 Å². The number of piperidine rings is 1. The zero-order valence-electron chi connectivity index (χ0n) is 17.3. The number of carbonyl (C=O) groups is 2. The number of nitrogens with zero attached hydrogens (tertiary/aromatic N) is 3. The summed E-state index contributed by atoms with van der Waals surface area (Å²) in [5.74, 6) is 1.54. The Morgan fingerprint density at radius 1 is 1.17 bits per heavy atom. The fourth-order valence-corrected chi connectivity index (χ4v) is 4.31. The number of benzene rings is 1. The summed E-state index contributed by atoms with van der Waals surface area (Å²) in [5.41, 5.74) is 7.48. The zero-order valence-corrected chi connectivity index (χ0v) is 17.3. The molecule has 2 N–H and O–H groups in total. The summed E-state index contributed by atoms with van der Waals surface area (Å²) in [6.07, 6.45) is 9.90. The van der Waals surface area contributed by atoms with Gasteiger partial charge in [0, 0.05) is 25.4 Å². The van der Waals surface area contributed by atoms with E-state index in [9.17, 15) is 9.59 Å². The number of hydrogen-bond donors (Lipinski definition) is 1. The van der Waals surface area contributed by atoms with Gasteiger partial charge < -0.3 is 15.4 Å². The lowest BCUT2D eigenvalue weighted by Gasteiger charge is -2.31. The van der Waals surface area contributed by atoms with Crippen molar-refractivity contribution in [2.75, 3.05) is 25.9 Å². The van der Waals surface area contributed by atoms with Crippen molar-refractivity contribution < 1.29 is 14.3 Å². The lowest BCUT2D eigenvalue weighted by Crippen LogP contribution is -2.40. The van der Waals surface area contributed by atoms with E-state index in [1.54, 1.807) is 18.0 Å². The van der Waals surface area contributed by atoms with Gasteiger partial charge in [-0.3, -0.25) is 9.59 Å². The number of hydrogen-bond acceptors (Lipinski definition) is 5. The molecule has 2 heterocycles. The molecule has 158 valence electrons. The van der Waals surface area contributed by atoms with Gasteiger partial charge in [0.05, 0.1) is 24.6 Å². The second-order valence-electron chi connectivity index (χ2n) is 8.04. The molecular formula is C23H28N4O3. The first-order valence-electron chi connectivity index (χ1n) is 10.5. The number of aromatic nitrogens is 2. The summed E-state index contributed by atoms with van der Waals surface area (Å²) in [4.78, 5) is 27.5. The molecular weight excluding hydrogens is 380 g/mol. The van der Waals surface area contributed by atoms with Crippen LogP contribution in [0.25, 0.3) is 5.69 Å². The van der Waals surface area contributed by atoms with Crippen molar-refractivity contribution >= 4 is 17.5 Å². The number of anilines is 1. The van der Waals surface area contributed by atoms with E-state index >= 15 is 0 Å². The smallest absolute Gasteiger partial charge is 0.223 e. The number of nitrogen functional groups attached to an aromatic ring is 1. The lowest BCUT2D eigenvalue weighted by molar-refractivity contribution is -0.133. The molecule has 30 heavy (non-hydrogen) atoms. The fourth-order valence-electron chi connectivity index (χ4n) is 4.31. The van der Waals surface area contributed by atoms with Crippen LogP contribution >= 0.6 is 0 Å². The van der Waals surface area contributed by atoms with Gasteiger partial charge in [-0.2, -0.15) is 5.10 Å². The highest BCUT2D eigenvalue weighted by atomic mass is 16.5. The van der Waals surface area contributed by atoms with Crippen LogP contribution in [0.15, 0.2) is 42.6 Å². The van der Waals surface area contributed by atoms with Gasteiger partial charge in [0.15, 0.2) is 5.78 Å². The van der Waals surface area contributed by atoms with Crippen LogP contribution in [0.2, 0.25) is 0 Å². The van der Waals surface area contributed by atoms with Crippen LogP contribution in [-0.2, 0) is 4.79 Å². The van der Waals surface area contributed by atoms with E-state index in [1.807, 2.05) is 29.2 Å². The van der Waals surface area contributed by atoms with Gasteiger partial charge in [-0.15, -0.1) is 0 Å².